The molecule has 0 heterocycles. The van der Waals surface area contributed by atoms with Gasteiger partial charge in [0.25, 0.3) is 5.91 Å². The SMILES string of the molecule is Cc1cc(C(=O)NCC2(O)CCC2)ccc1N. The summed E-state index contributed by atoms with van der Waals surface area (Å²) in [5.74, 6) is -0.159. The number of hydrogen-bond acceptors (Lipinski definition) is 3. The van der Waals surface area contributed by atoms with E-state index in [0.717, 1.165) is 24.8 Å². The molecule has 1 fully saturated rings. The Morgan fingerprint density at radius 1 is 1.53 bits per heavy atom. The first kappa shape index (κ1) is 11.9. The van der Waals surface area contributed by atoms with Crippen molar-refractivity contribution >= 4 is 11.6 Å². The first-order chi connectivity index (χ1) is 8.00. The highest BCUT2D eigenvalue weighted by Crippen LogP contribution is 2.30. The highest BCUT2D eigenvalue weighted by molar-refractivity contribution is 5.94. The largest absolute Gasteiger partial charge is 0.399 e. The fraction of sp³-hybridized carbons (Fsp3) is 0.462. The van der Waals surface area contributed by atoms with Crippen LogP contribution in [0.4, 0.5) is 5.69 Å². The lowest BCUT2D eigenvalue weighted by Crippen LogP contribution is -2.47. The van der Waals surface area contributed by atoms with E-state index >= 15 is 0 Å². The molecule has 0 atom stereocenters. The molecule has 1 aromatic rings. The van der Waals surface area contributed by atoms with E-state index < -0.39 is 5.60 Å². The van der Waals surface area contributed by atoms with Crippen LogP contribution in [0.5, 0.6) is 0 Å². The lowest BCUT2D eigenvalue weighted by atomic mass is 9.80. The quantitative estimate of drug-likeness (QED) is 0.688. The van der Waals surface area contributed by atoms with E-state index in [2.05, 4.69) is 5.32 Å². The Morgan fingerprint density at radius 2 is 2.24 bits per heavy atom. The molecule has 0 aliphatic heterocycles. The fourth-order valence-corrected chi connectivity index (χ4v) is 1.93. The number of nitrogens with one attached hydrogen (secondary N) is 1. The molecule has 1 aromatic carbocycles. The summed E-state index contributed by atoms with van der Waals surface area (Å²) in [5.41, 5.74) is 7.16. The van der Waals surface area contributed by atoms with Gasteiger partial charge in [-0.15, -0.1) is 0 Å². The Labute approximate surface area is 101 Å². The van der Waals surface area contributed by atoms with E-state index in [1.807, 2.05) is 6.92 Å². The molecule has 0 radical (unpaired) electrons. The third-order valence-electron chi connectivity index (χ3n) is 3.39. The van der Waals surface area contributed by atoms with E-state index in [9.17, 15) is 9.90 Å². The molecule has 0 bridgehead atoms. The summed E-state index contributed by atoms with van der Waals surface area (Å²) in [5, 5.41) is 12.6. The predicted molar refractivity (Wildman–Crippen MR) is 66.7 cm³/mol. The Hall–Kier alpha value is -1.55. The summed E-state index contributed by atoms with van der Waals surface area (Å²) >= 11 is 0. The average molecular weight is 234 g/mol. The van der Waals surface area contributed by atoms with Crippen molar-refractivity contribution in [2.75, 3.05) is 12.3 Å². The number of nitrogen functional groups attached to an aromatic ring is 1. The van der Waals surface area contributed by atoms with Crippen LogP contribution in [0.1, 0.15) is 35.2 Å². The zero-order chi connectivity index (χ0) is 12.5. The molecule has 2 rings (SSSR count). The van der Waals surface area contributed by atoms with Crippen LogP contribution in [0.15, 0.2) is 18.2 Å². The molecule has 1 aliphatic rings. The Kier molecular flexibility index (Phi) is 3.07. The molecule has 0 unspecified atom stereocenters. The monoisotopic (exact) mass is 234 g/mol. The van der Waals surface area contributed by atoms with Gasteiger partial charge in [-0.2, -0.15) is 0 Å². The van der Waals surface area contributed by atoms with Gasteiger partial charge in [0.15, 0.2) is 0 Å². The third kappa shape index (κ3) is 2.58. The van der Waals surface area contributed by atoms with Crippen molar-refractivity contribution in [3.8, 4) is 0 Å². The average Bonchev–Trinajstić information content (AvgIpc) is 2.27. The molecule has 4 heteroatoms. The van der Waals surface area contributed by atoms with Crippen LogP contribution in [-0.4, -0.2) is 23.2 Å². The number of aliphatic hydroxyl groups is 1. The molecule has 1 amide bonds. The second kappa shape index (κ2) is 4.37. The van der Waals surface area contributed by atoms with E-state index in [-0.39, 0.29) is 5.91 Å². The summed E-state index contributed by atoms with van der Waals surface area (Å²) in [4.78, 5) is 11.8. The van der Waals surface area contributed by atoms with E-state index in [1.165, 1.54) is 0 Å². The minimum atomic E-state index is -0.682. The van der Waals surface area contributed by atoms with Gasteiger partial charge in [0, 0.05) is 17.8 Å². The van der Waals surface area contributed by atoms with Crippen LogP contribution in [-0.2, 0) is 0 Å². The van der Waals surface area contributed by atoms with Crippen LogP contribution in [0.3, 0.4) is 0 Å². The summed E-state index contributed by atoms with van der Waals surface area (Å²) < 4.78 is 0. The molecule has 4 N–H and O–H groups in total. The number of rotatable bonds is 3. The van der Waals surface area contributed by atoms with Gasteiger partial charge in [-0.05, 0) is 49.9 Å². The van der Waals surface area contributed by atoms with E-state index in [4.69, 9.17) is 5.73 Å². The normalized spacial score (nSPS) is 17.3. The van der Waals surface area contributed by atoms with Crippen molar-refractivity contribution in [1.29, 1.82) is 0 Å². The van der Waals surface area contributed by atoms with Gasteiger partial charge in [-0.3, -0.25) is 4.79 Å². The number of carbonyl (C=O) groups is 1. The number of anilines is 1. The predicted octanol–water partition coefficient (Wildman–Crippen LogP) is 1.22. The van der Waals surface area contributed by atoms with Crippen molar-refractivity contribution in [3.05, 3.63) is 29.3 Å². The summed E-state index contributed by atoms with van der Waals surface area (Å²) in [6, 6.07) is 5.18. The van der Waals surface area contributed by atoms with Gasteiger partial charge in [-0.25, -0.2) is 0 Å². The van der Waals surface area contributed by atoms with Gasteiger partial charge in [0.05, 0.1) is 5.60 Å². The van der Waals surface area contributed by atoms with Crippen molar-refractivity contribution in [1.82, 2.24) is 5.32 Å². The van der Waals surface area contributed by atoms with Gasteiger partial charge < -0.3 is 16.2 Å². The van der Waals surface area contributed by atoms with Crippen molar-refractivity contribution in [2.45, 2.75) is 31.8 Å². The molecule has 1 saturated carbocycles. The van der Waals surface area contributed by atoms with Crippen LogP contribution < -0.4 is 11.1 Å². The second-order valence-electron chi connectivity index (χ2n) is 4.83. The number of nitrogens with two attached hydrogens (primary N) is 1. The minimum Gasteiger partial charge on any atom is -0.399 e. The molecule has 0 saturated heterocycles. The standard InChI is InChI=1S/C13H18N2O2/c1-9-7-10(3-4-11(9)14)12(16)15-8-13(17)5-2-6-13/h3-4,7,17H,2,5-6,8,14H2,1H3,(H,15,16). The van der Waals surface area contributed by atoms with Crippen molar-refractivity contribution < 1.29 is 9.90 Å². The lowest BCUT2D eigenvalue weighted by Gasteiger charge is -2.36. The topological polar surface area (TPSA) is 75.3 Å². The van der Waals surface area contributed by atoms with Gasteiger partial charge in [0.1, 0.15) is 0 Å². The molecule has 92 valence electrons. The van der Waals surface area contributed by atoms with Crippen LogP contribution >= 0.6 is 0 Å². The molecule has 1 aliphatic carbocycles. The van der Waals surface area contributed by atoms with E-state index in [1.54, 1.807) is 18.2 Å². The van der Waals surface area contributed by atoms with Gasteiger partial charge in [0.2, 0.25) is 0 Å². The van der Waals surface area contributed by atoms with Crippen LogP contribution in [0, 0.1) is 6.92 Å². The number of hydrogen-bond donors (Lipinski definition) is 3. The number of carbonyl (C=O) groups excluding carboxylic acids is 1. The lowest BCUT2D eigenvalue weighted by molar-refractivity contribution is -0.0300. The fourth-order valence-electron chi connectivity index (χ4n) is 1.93. The molecule has 17 heavy (non-hydrogen) atoms. The first-order valence-corrected chi connectivity index (χ1v) is 5.87. The highest BCUT2D eigenvalue weighted by Gasteiger charge is 2.34. The maximum Gasteiger partial charge on any atom is 0.251 e. The molecule has 4 nitrogen and oxygen atoms in total. The molecular formula is C13H18N2O2. The Morgan fingerprint density at radius 3 is 2.76 bits per heavy atom. The number of benzene rings is 1. The summed E-state index contributed by atoms with van der Waals surface area (Å²) in [6.07, 6.45) is 2.58. The maximum absolute atomic E-state index is 11.8. The molecule has 0 spiro atoms. The zero-order valence-electron chi connectivity index (χ0n) is 9.99. The number of aryl methyl sites for hydroxylation is 1. The maximum atomic E-state index is 11.8. The molecule has 0 aromatic heterocycles. The summed E-state index contributed by atoms with van der Waals surface area (Å²) in [6.45, 7) is 2.20. The van der Waals surface area contributed by atoms with Gasteiger partial charge in [-0.1, -0.05) is 0 Å². The van der Waals surface area contributed by atoms with E-state index in [0.29, 0.717) is 17.8 Å². The number of amides is 1. The smallest absolute Gasteiger partial charge is 0.251 e. The second-order valence-corrected chi connectivity index (χ2v) is 4.83. The Balaban J connectivity index is 1.97. The highest BCUT2D eigenvalue weighted by atomic mass is 16.3. The zero-order valence-corrected chi connectivity index (χ0v) is 9.99. The minimum absolute atomic E-state index is 0.159. The van der Waals surface area contributed by atoms with Gasteiger partial charge >= 0.3 is 0 Å². The third-order valence-corrected chi connectivity index (χ3v) is 3.39. The molecular weight excluding hydrogens is 216 g/mol. The van der Waals surface area contributed by atoms with Crippen LogP contribution in [0.25, 0.3) is 0 Å². The van der Waals surface area contributed by atoms with Crippen LogP contribution in [0.2, 0.25) is 0 Å². The van der Waals surface area contributed by atoms with Crippen molar-refractivity contribution in [3.63, 3.8) is 0 Å². The van der Waals surface area contributed by atoms with Crippen molar-refractivity contribution in [2.24, 2.45) is 0 Å². The first-order valence-electron chi connectivity index (χ1n) is 5.87. The Bertz CT molecular complexity index is 439. The summed E-state index contributed by atoms with van der Waals surface area (Å²) in [7, 11) is 0.